The third-order valence-electron chi connectivity index (χ3n) is 5.74. The normalized spacial score (nSPS) is 24.2. The van der Waals surface area contributed by atoms with Gasteiger partial charge >= 0.3 is 0 Å². The van der Waals surface area contributed by atoms with Crippen LogP contribution in [-0.2, 0) is 10.0 Å². The zero-order valence-electron chi connectivity index (χ0n) is 14.6. The van der Waals surface area contributed by atoms with E-state index in [2.05, 4.69) is 10.2 Å². The van der Waals surface area contributed by atoms with Crippen LogP contribution >= 0.6 is 0 Å². The fourth-order valence-corrected chi connectivity index (χ4v) is 6.11. The van der Waals surface area contributed by atoms with Crippen molar-refractivity contribution in [2.24, 2.45) is 0 Å². The van der Waals surface area contributed by atoms with Gasteiger partial charge in [-0.25, -0.2) is 8.42 Å². The zero-order chi connectivity index (χ0) is 18.1. The Morgan fingerprint density at radius 3 is 2.65 bits per heavy atom. The van der Waals surface area contributed by atoms with Crippen molar-refractivity contribution < 1.29 is 13.2 Å². The number of hydrogen-bond acceptors (Lipinski definition) is 4. The Labute approximate surface area is 152 Å². The lowest BCUT2D eigenvalue weighted by Crippen LogP contribution is -2.54. The fourth-order valence-electron chi connectivity index (χ4n) is 4.31. The second-order valence-electron chi connectivity index (χ2n) is 7.48. The van der Waals surface area contributed by atoms with Crippen LogP contribution in [0.1, 0.15) is 30.1 Å². The molecule has 2 heterocycles. The molecule has 5 rings (SSSR count). The van der Waals surface area contributed by atoms with Gasteiger partial charge in [0.05, 0.1) is 4.90 Å². The van der Waals surface area contributed by atoms with Gasteiger partial charge in [0.25, 0.3) is 5.91 Å². The summed E-state index contributed by atoms with van der Waals surface area (Å²) in [6.07, 6.45) is 2.46. The van der Waals surface area contributed by atoms with E-state index in [0.717, 1.165) is 13.1 Å². The van der Waals surface area contributed by atoms with Crippen molar-refractivity contribution >= 4 is 32.4 Å². The number of anilines is 1. The molecular formula is C19H21N3O3S. The van der Waals surface area contributed by atoms with Crippen molar-refractivity contribution in [1.82, 2.24) is 9.21 Å². The van der Waals surface area contributed by atoms with Gasteiger partial charge in [-0.1, -0.05) is 12.1 Å². The first-order chi connectivity index (χ1) is 12.5. The lowest BCUT2D eigenvalue weighted by Gasteiger charge is -2.39. The molecule has 26 heavy (non-hydrogen) atoms. The summed E-state index contributed by atoms with van der Waals surface area (Å²) in [6, 6.07) is 9.20. The molecule has 1 saturated carbocycles. The molecule has 136 valence electrons. The van der Waals surface area contributed by atoms with Crippen molar-refractivity contribution in [3.63, 3.8) is 0 Å². The molecule has 1 amide bonds. The Morgan fingerprint density at radius 1 is 1.12 bits per heavy atom. The van der Waals surface area contributed by atoms with E-state index in [1.165, 1.54) is 12.8 Å². The largest absolute Gasteiger partial charge is 0.321 e. The maximum atomic E-state index is 13.4. The summed E-state index contributed by atoms with van der Waals surface area (Å²) >= 11 is 0. The molecule has 7 heteroatoms. The molecule has 0 aromatic heterocycles. The molecule has 1 unspecified atom stereocenters. The van der Waals surface area contributed by atoms with Crippen molar-refractivity contribution in [3.8, 4) is 0 Å². The predicted molar refractivity (Wildman–Crippen MR) is 99.9 cm³/mol. The SMILES string of the molecule is CC1CN(C2CC2)CCN1S(=O)(=O)c1ccc2c3c(cccc13)C(=O)N2. The minimum atomic E-state index is -3.62. The molecule has 0 radical (unpaired) electrons. The fraction of sp³-hybridized carbons (Fsp3) is 0.421. The summed E-state index contributed by atoms with van der Waals surface area (Å²) < 4.78 is 28.5. The molecule has 2 aromatic rings. The monoisotopic (exact) mass is 371 g/mol. The Bertz CT molecular complexity index is 1030. The van der Waals surface area contributed by atoms with Crippen LogP contribution in [0.4, 0.5) is 5.69 Å². The molecule has 2 aromatic carbocycles. The van der Waals surface area contributed by atoms with E-state index in [0.29, 0.717) is 39.5 Å². The first kappa shape index (κ1) is 16.2. The molecule has 0 bridgehead atoms. The van der Waals surface area contributed by atoms with Gasteiger partial charge in [-0.15, -0.1) is 0 Å². The van der Waals surface area contributed by atoms with E-state index in [1.807, 2.05) is 6.92 Å². The highest BCUT2D eigenvalue weighted by molar-refractivity contribution is 7.89. The molecule has 2 fully saturated rings. The summed E-state index contributed by atoms with van der Waals surface area (Å²) in [5.74, 6) is -0.174. The van der Waals surface area contributed by atoms with E-state index in [-0.39, 0.29) is 11.9 Å². The quantitative estimate of drug-likeness (QED) is 0.899. The molecule has 0 spiro atoms. The Hall–Kier alpha value is -1.96. The molecule has 1 atom stereocenters. The van der Waals surface area contributed by atoms with E-state index in [1.54, 1.807) is 34.6 Å². The maximum absolute atomic E-state index is 13.4. The Kier molecular flexibility index (Phi) is 3.44. The van der Waals surface area contributed by atoms with Crippen LogP contribution in [0.5, 0.6) is 0 Å². The molecule has 1 aliphatic carbocycles. The highest BCUT2D eigenvalue weighted by Crippen LogP contribution is 2.38. The number of rotatable bonds is 3. The van der Waals surface area contributed by atoms with Gasteiger partial charge in [0.2, 0.25) is 10.0 Å². The average Bonchev–Trinajstić information content (AvgIpc) is 3.41. The smallest absolute Gasteiger partial charge is 0.256 e. The molecule has 3 aliphatic rings. The van der Waals surface area contributed by atoms with Crippen LogP contribution in [0, 0.1) is 0 Å². The van der Waals surface area contributed by atoms with Gasteiger partial charge in [0.1, 0.15) is 0 Å². The third kappa shape index (κ3) is 2.31. The first-order valence-corrected chi connectivity index (χ1v) is 10.5. The molecule has 1 N–H and O–H groups in total. The number of hydrogen-bond donors (Lipinski definition) is 1. The van der Waals surface area contributed by atoms with Gasteiger partial charge in [-0.2, -0.15) is 4.31 Å². The number of nitrogens with zero attached hydrogens (tertiary/aromatic N) is 2. The topological polar surface area (TPSA) is 69.7 Å². The van der Waals surface area contributed by atoms with E-state index in [4.69, 9.17) is 0 Å². The van der Waals surface area contributed by atoms with Gasteiger partial charge in [-0.3, -0.25) is 9.69 Å². The van der Waals surface area contributed by atoms with Crippen LogP contribution in [-0.4, -0.2) is 55.2 Å². The van der Waals surface area contributed by atoms with Crippen LogP contribution in [0.2, 0.25) is 0 Å². The summed E-state index contributed by atoms with van der Waals surface area (Å²) in [6.45, 7) is 4.07. The van der Waals surface area contributed by atoms with E-state index in [9.17, 15) is 13.2 Å². The number of piperazine rings is 1. The van der Waals surface area contributed by atoms with E-state index < -0.39 is 10.0 Å². The highest BCUT2D eigenvalue weighted by Gasteiger charge is 2.39. The van der Waals surface area contributed by atoms with Gasteiger partial charge < -0.3 is 5.32 Å². The molecular weight excluding hydrogens is 350 g/mol. The lowest BCUT2D eigenvalue weighted by atomic mass is 10.1. The summed E-state index contributed by atoms with van der Waals surface area (Å²) in [7, 11) is -3.62. The van der Waals surface area contributed by atoms with Crippen molar-refractivity contribution in [3.05, 3.63) is 35.9 Å². The Balaban J connectivity index is 1.57. The third-order valence-corrected chi connectivity index (χ3v) is 7.81. The molecule has 6 nitrogen and oxygen atoms in total. The van der Waals surface area contributed by atoms with Gasteiger partial charge in [0.15, 0.2) is 0 Å². The molecule has 2 aliphatic heterocycles. The van der Waals surface area contributed by atoms with Crippen LogP contribution in [0.15, 0.2) is 35.2 Å². The minimum absolute atomic E-state index is 0.0582. The van der Waals surface area contributed by atoms with E-state index >= 15 is 0 Å². The second-order valence-corrected chi connectivity index (χ2v) is 9.34. The maximum Gasteiger partial charge on any atom is 0.256 e. The molecule has 1 saturated heterocycles. The summed E-state index contributed by atoms with van der Waals surface area (Å²) in [5, 5.41) is 4.14. The number of nitrogens with one attached hydrogen (secondary N) is 1. The highest BCUT2D eigenvalue weighted by atomic mass is 32.2. The van der Waals surface area contributed by atoms with Gasteiger partial charge in [-0.05, 0) is 38.0 Å². The first-order valence-electron chi connectivity index (χ1n) is 9.10. The minimum Gasteiger partial charge on any atom is -0.321 e. The number of carbonyl (C=O) groups excluding carboxylic acids is 1. The number of carbonyl (C=O) groups is 1. The predicted octanol–water partition coefficient (Wildman–Crippen LogP) is 2.26. The standard InChI is InChI=1S/C19H21N3O3S/c1-12-11-21(13-5-6-13)9-10-22(12)26(24,25)17-8-7-16-18-14(17)3-2-4-15(18)19(23)20-16/h2-4,7-8,12-13H,5-6,9-11H2,1H3,(H,20,23). The Morgan fingerprint density at radius 2 is 1.92 bits per heavy atom. The van der Waals surface area contributed by atoms with Crippen molar-refractivity contribution in [1.29, 1.82) is 0 Å². The number of sulfonamides is 1. The van der Waals surface area contributed by atoms with Crippen LogP contribution in [0.3, 0.4) is 0 Å². The second kappa shape index (κ2) is 5.52. The van der Waals surface area contributed by atoms with Crippen molar-refractivity contribution in [2.45, 2.75) is 36.7 Å². The van der Waals surface area contributed by atoms with Gasteiger partial charge in [0, 0.05) is 53.7 Å². The summed E-state index contributed by atoms with van der Waals surface area (Å²) in [5.41, 5.74) is 1.23. The summed E-state index contributed by atoms with van der Waals surface area (Å²) in [4.78, 5) is 14.8. The lowest BCUT2D eigenvalue weighted by molar-refractivity contribution is 0.103. The van der Waals surface area contributed by atoms with Crippen LogP contribution in [0.25, 0.3) is 10.8 Å². The van der Waals surface area contributed by atoms with Crippen LogP contribution < -0.4 is 5.32 Å². The number of amides is 1. The zero-order valence-corrected chi connectivity index (χ0v) is 15.4. The van der Waals surface area contributed by atoms with Crippen molar-refractivity contribution in [2.75, 3.05) is 25.0 Å². The number of benzene rings is 2. The average molecular weight is 371 g/mol.